The molecule has 0 amide bonds. The Balaban J connectivity index is 4.31. The summed E-state index contributed by atoms with van der Waals surface area (Å²) in [6.45, 7) is 1.73. The van der Waals surface area contributed by atoms with Gasteiger partial charge in [-0.3, -0.25) is 19.2 Å². The van der Waals surface area contributed by atoms with Crippen molar-refractivity contribution in [3.8, 4) is 0 Å². The molecule has 0 radical (unpaired) electrons. The molecule has 0 saturated heterocycles. The van der Waals surface area contributed by atoms with E-state index < -0.39 is 29.3 Å². The number of unbranched alkanes of at least 4 members (excludes halogenated alkanes) is 6. The van der Waals surface area contributed by atoms with Crippen LogP contribution < -0.4 is 0 Å². The van der Waals surface area contributed by atoms with Crippen molar-refractivity contribution in [2.75, 3.05) is 13.2 Å². The Hall–Kier alpha value is -2.12. The summed E-state index contributed by atoms with van der Waals surface area (Å²) < 4.78 is 9.77. The van der Waals surface area contributed by atoms with Crippen molar-refractivity contribution in [3.05, 3.63) is 0 Å². The Bertz CT molecular complexity index is 454. The number of hydrogen-bond acceptors (Lipinski definition) is 6. The molecule has 0 fully saturated rings. The summed E-state index contributed by atoms with van der Waals surface area (Å²) in [6.07, 6.45) is 6.16. The van der Waals surface area contributed by atoms with Crippen molar-refractivity contribution < 1.29 is 38.9 Å². The lowest BCUT2D eigenvalue weighted by Crippen LogP contribution is -2.41. The fraction of sp³-hybridized carbons (Fsp3) is 0.778. The molecule has 0 aromatic rings. The van der Waals surface area contributed by atoms with E-state index in [1.54, 1.807) is 0 Å². The molecular formula is C18H30O8. The van der Waals surface area contributed by atoms with Gasteiger partial charge in [-0.2, -0.15) is 0 Å². The monoisotopic (exact) mass is 374 g/mol. The van der Waals surface area contributed by atoms with Crippen molar-refractivity contribution in [1.29, 1.82) is 0 Å². The van der Waals surface area contributed by atoms with Crippen LogP contribution in [0, 0.1) is 5.41 Å². The lowest BCUT2D eigenvalue weighted by atomic mass is 9.84. The summed E-state index contributed by atoms with van der Waals surface area (Å²) in [6, 6.07) is 0. The van der Waals surface area contributed by atoms with Crippen LogP contribution in [0.2, 0.25) is 0 Å². The van der Waals surface area contributed by atoms with Gasteiger partial charge in [-0.1, -0.05) is 38.5 Å². The smallest absolute Gasteiger partial charge is 0.316 e. The Morgan fingerprint density at radius 3 is 1.54 bits per heavy atom. The van der Waals surface area contributed by atoms with Crippen LogP contribution in [0.1, 0.15) is 71.6 Å². The van der Waals surface area contributed by atoms with Crippen molar-refractivity contribution in [2.45, 2.75) is 71.6 Å². The molecule has 0 aliphatic rings. The predicted octanol–water partition coefficient (Wildman–Crippen LogP) is 2.78. The number of carbonyl (C=O) groups excluding carboxylic acids is 2. The average Bonchev–Trinajstić information content (AvgIpc) is 2.54. The maximum Gasteiger partial charge on any atom is 0.316 e. The molecule has 0 aliphatic carbocycles. The maximum absolute atomic E-state index is 11.7. The van der Waals surface area contributed by atoms with Crippen LogP contribution in [-0.4, -0.2) is 47.3 Å². The van der Waals surface area contributed by atoms with Gasteiger partial charge in [-0.25, -0.2) is 0 Å². The lowest BCUT2D eigenvalue weighted by Gasteiger charge is -2.28. The minimum atomic E-state index is -1.43. The third-order valence-electron chi connectivity index (χ3n) is 4.10. The van der Waals surface area contributed by atoms with Crippen molar-refractivity contribution >= 4 is 23.9 Å². The van der Waals surface area contributed by atoms with Gasteiger partial charge >= 0.3 is 23.9 Å². The normalized spacial score (nSPS) is 11.0. The van der Waals surface area contributed by atoms with Gasteiger partial charge in [0.2, 0.25) is 0 Å². The molecule has 0 saturated carbocycles. The highest BCUT2D eigenvalue weighted by molar-refractivity contribution is 5.76. The molecule has 26 heavy (non-hydrogen) atoms. The van der Waals surface area contributed by atoms with E-state index in [4.69, 9.17) is 14.6 Å². The number of ether oxygens (including phenoxy) is 2. The van der Waals surface area contributed by atoms with E-state index in [9.17, 15) is 24.3 Å². The van der Waals surface area contributed by atoms with Crippen molar-refractivity contribution in [1.82, 2.24) is 0 Å². The standard InChI is InChI=1S/C18H30O8/c1-14(19)25-12-18(17(23)24,13-26-15(2)20)11-9-7-5-3-4-6-8-10-16(21)22/h3-13H2,1-2H3,(H,21,22)(H,23,24). The van der Waals surface area contributed by atoms with Gasteiger partial charge in [-0.05, 0) is 12.8 Å². The van der Waals surface area contributed by atoms with E-state index in [1.807, 2.05) is 0 Å². The number of esters is 2. The van der Waals surface area contributed by atoms with E-state index in [1.165, 1.54) is 13.8 Å². The van der Waals surface area contributed by atoms with Crippen molar-refractivity contribution in [2.24, 2.45) is 5.41 Å². The average molecular weight is 374 g/mol. The first-order chi connectivity index (χ1) is 12.2. The topological polar surface area (TPSA) is 127 Å². The second-order valence-electron chi connectivity index (χ2n) is 6.51. The van der Waals surface area contributed by atoms with Gasteiger partial charge in [0.05, 0.1) is 0 Å². The molecule has 0 spiro atoms. The zero-order valence-corrected chi connectivity index (χ0v) is 15.6. The molecule has 0 aromatic heterocycles. The highest BCUT2D eigenvalue weighted by Gasteiger charge is 2.41. The Labute approximate surface area is 153 Å². The minimum absolute atomic E-state index is 0.188. The summed E-state index contributed by atoms with van der Waals surface area (Å²) in [5.41, 5.74) is -1.43. The third kappa shape index (κ3) is 11.4. The van der Waals surface area contributed by atoms with Gasteiger partial charge in [0, 0.05) is 20.3 Å². The SMILES string of the molecule is CC(=O)OCC(CCCCCCCCCC(=O)O)(COC(C)=O)C(=O)O. The molecule has 0 aromatic carbocycles. The molecule has 2 N–H and O–H groups in total. The third-order valence-corrected chi connectivity index (χ3v) is 4.10. The molecule has 8 heteroatoms. The van der Waals surface area contributed by atoms with Crippen LogP contribution in [-0.2, 0) is 28.7 Å². The molecule has 0 bridgehead atoms. The first-order valence-corrected chi connectivity index (χ1v) is 8.91. The molecule has 0 atom stereocenters. The summed E-state index contributed by atoms with van der Waals surface area (Å²) in [7, 11) is 0. The largest absolute Gasteiger partial charge is 0.481 e. The molecular weight excluding hydrogens is 344 g/mol. The first-order valence-electron chi connectivity index (χ1n) is 8.91. The molecule has 0 aliphatic heterocycles. The highest BCUT2D eigenvalue weighted by atomic mass is 16.5. The quantitative estimate of drug-likeness (QED) is 0.331. The van der Waals surface area contributed by atoms with Gasteiger partial charge in [0.1, 0.15) is 18.6 Å². The maximum atomic E-state index is 11.7. The molecule has 150 valence electrons. The second-order valence-corrected chi connectivity index (χ2v) is 6.51. The van der Waals surface area contributed by atoms with Crippen LogP contribution in [0.5, 0.6) is 0 Å². The van der Waals surface area contributed by atoms with E-state index in [2.05, 4.69) is 0 Å². The predicted molar refractivity (Wildman–Crippen MR) is 92.5 cm³/mol. The van der Waals surface area contributed by atoms with Crippen LogP contribution in [0.3, 0.4) is 0 Å². The van der Waals surface area contributed by atoms with Crippen LogP contribution >= 0.6 is 0 Å². The number of aliphatic carboxylic acids is 2. The Morgan fingerprint density at radius 2 is 1.15 bits per heavy atom. The molecule has 8 nitrogen and oxygen atoms in total. The highest BCUT2D eigenvalue weighted by Crippen LogP contribution is 2.28. The second kappa shape index (κ2) is 13.1. The fourth-order valence-corrected chi connectivity index (χ4v) is 2.52. The number of carboxylic acids is 2. The number of carbonyl (C=O) groups is 4. The van der Waals surface area contributed by atoms with E-state index >= 15 is 0 Å². The van der Waals surface area contributed by atoms with Crippen LogP contribution in [0.25, 0.3) is 0 Å². The summed E-state index contributed by atoms with van der Waals surface area (Å²) in [5.74, 6) is -3.11. The summed E-state index contributed by atoms with van der Waals surface area (Å²) in [5, 5.41) is 18.1. The zero-order chi connectivity index (χ0) is 20.0. The zero-order valence-electron chi connectivity index (χ0n) is 15.6. The first kappa shape index (κ1) is 23.9. The Morgan fingerprint density at radius 1 is 0.731 bits per heavy atom. The van der Waals surface area contributed by atoms with Gasteiger partial charge in [0.25, 0.3) is 0 Å². The number of rotatable bonds is 15. The minimum Gasteiger partial charge on any atom is -0.481 e. The number of carboxylic acid groups (broad SMARTS) is 2. The number of hydrogen-bond donors (Lipinski definition) is 2. The van der Waals surface area contributed by atoms with Crippen LogP contribution in [0.15, 0.2) is 0 Å². The molecule has 0 unspecified atom stereocenters. The fourth-order valence-electron chi connectivity index (χ4n) is 2.52. The Kier molecular flexibility index (Phi) is 12.1. The summed E-state index contributed by atoms with van der Waals surface area (Å²) in [4.78, 5) is 44.2. The lowest BCUT2D eigenvalue weighted by molar-refractivity contribution is -0.166. The van der Waals surface area contributed by atoms with Gasteiger partial charge < -0.3 is 19.7 Å². The van der Waals surface area contributed by atoms with Crippen molar-refractivity contribution in [3.63, 3.8) is 0 Å². The van der Waals surface area contributed by atoms with E-state index in [0.29, 0.717) is 12.8 Å². The molecule has 0 heterocycles. The van der Waals surface area contributed by atoms with Crippen LogP contribution in [0.4, 0.5) is 0 Å². The van der Waals surface area contributed by atoms with E-state index in [0.717, 1.165) is 32.1 Å². The molecule has 0 rings (SSSR count). The van der Waals surface area contributed by atoms with E-state index in [-0.39, 0.29) is 26.1 Å². The van der Waals surface area contributed by atoms with Gasteiger partial charge in [-0.15, -0.1) is 0 Å². The summed E-state index contributed by atoms with van der Waals surface area (Å²) >= 11 is 0. The van der Waals surface area contributed by atoms with Gasteiger partial charge in [0.15, 0.2) is 0 Å².